The summed E-state index contributed by atoms with van der Waals surface area (Å²) in [6.07, 6.45) is 5.15. The van der Waals surface area contributed by atoms with Crippen LogP contribution >= 0.6 is 23.5 Å². The maximum atomic E-state index is 14.0. The molecule has 0 bridgehead atoms. The third kappa shape index (κ3) is 6.95. The van der Waals surface area contributed by atoms with Crippen molar-refractivity contribution in [3.63, 3.8) is 0 Å². The Bertz CT molecular complexity index is 500. The summed E-state index contributed by atoms with van der Waals surface area (Å²) >= 11 is 2.81. The van der Waals surface area contributed by atoms with Crippen LogP contribution in [0.4, 0.5) is 4.39 Å². The standard InChI is InChI=1S/C20H31FO3S2/c1-2-3-4-5-6-7-12-24-16-10-8-15(9-11-16)14-25-20-18(21)19(23)17(13-22)26-20/h8-11,17-20,22-23H,2-7,12-14H2,1H3/t17-,18+,19-,20+/m1/s1. The second kappa shape index (κ2) is 12.1. The van der Waals surface area contributed by atoms with Crippen molar-refractivity contribution < 1.29 is 19.3 Å². The van der Waals surface area contributed by atoms with E-state index >= 15 is 0 Å². The number of hydrogen-bond donors (Lipinski definition) is 2. The number of alkyl halides is 1. The van der Waals surface area contributed by atoms with E-state index in [1.807, 2.05) is 24.3 Å². The van der Waals surface area contributed by atoms with Gasteiger partial charge in [0.1, 0.15) is 18.0 Å². The average Bonchev–Trinajstić information content (AvgIpc) is 2.94. The summed E-state index contributed by atoms with van der Waals surface area (Å²) in [5.41, 5.74) is 1.11. The number of aliphatic hydroxyl groups excluding tert-OH is 2. The summed E-state index contributed by atoms with van der Waals surface area (Å²) in [5.74, 6) is 1.56. The van der Waals surface area contributed by atoms with Crippen molar-refractivity contribution in [2.24, 2.45) is 0 Å². The van der Waals surface area contributed by atoms with Crippen molar-refractivity contribution in [1.29, 1.82) is 0 Å². The highest BCUT2D eigenvalue weighted by Crippen LogP contribution is 2.43. The van der Waals surface area contributed by atoms with Crippen LogP contribution in [-0.4, -0.2) is 45.5 Å². The topological polar surface area (TPSA) is 49.7 Å². The molecule has 0 unspecified atom stereocenters. The van der Waals surface area contributed by atoms with Gasteiger partial charge in [-0.2, -0.15) is 0 Å². The Morgan fingerprint density at radius 3 is 2.46 bits per heavy atom. The Hall–Kier alpha value is -0.430. The number of benzene rings is 1. The zero-order valence-electron chi connectivity index (χ0n) is 15.5. The Morgan fingerprint density at radius 2 is 1.81 bits per heavy atom. The largest absolute Gasteiger partial charge is 0.494 e. The molecule has 1 aromatic rings. The van der Waals surface area contributed by atoms with Gasteiger partial charge in [-0.15, -0.1) is 23.5 Å². The second-order valence-electron chi connectivity index (χ2n) is 6.73. The number of ether oxygens (including phenoxy) is 1. The van der Waals surface area contributed by atoms with Gasteiger partial charge in [0, 0.05) is 5.75 Å². The molecule has 26 heavy (non-hydrogen) atoms. The minimum Gasteiger partial charge on any atom is -0.494 e. The molecule has 1 fully saturated rings. The van der Waals surface area contributed by atoms with Crippen LogP contribution in [0, 0.1) is 0 Å². The first-order valence-electron chi connectivity index (χ1n) is 9.57. The average molecular weight is 403 g/mol. The number of hydrogen-bond acceptors (Lipinski definition) is 5. The Balaban J connectivity index is 1.64. The zero-order valence-corrected chi connectivity index (χ0v) is 17.1. The van der Waals surface area contributed by atoms with Crippen LogP contribution in [0.15, 0.2) is 24.3 Å². The number of halogens is 1. The van der Waals surface area contributed by atoms with Crippen molar-refractivity contribution >= 4 is 23.5 Å². The molecule has 2 N–H and O–H groups in total. The smallest absolute Gasteiger partial charge is 0.148 e. The summed E-state index contributed by atoms with van der Waals surface area (Å²) < 4.78 is 19.5. The van der Waals surface area contributed by atoms with Crippen molar-refractivity contribution in [3.05, 3.63) is 29.8 Å². The minimum atomic E-state index is -1.29. The highest BCUT2D eigenvalue weighted by Gasteiger charge is 2.43. The van der Waals surface area contributed by atoms with E-state index in [2.05, 4.69) is 6.92 Å². The number of aliphatic hydroxyl groups is 2. The number of thioether (sulfide) groups is 2. The molecule has 0 radical (unpaired) electrons. The van der Waals surface area contributed by atoms with E-state index in [-0.39, 0.29) is 11.2 Å². The van der Waals surface area contributed by atoms with Gasteiger partial charge in [-0.3, -0.25) is 0 Å². The molecule has 1 aromatic carbocycles. The fraction of sp³-hybridized carbons (Fsp3) is 0.700. The lowest BCUT2D eigenvalue weighted by Crippen LogP contribution is -2.29. The monoisotopic (exact) mass is 402 g/mol. The van der Waals surface area contributed by atoms with Gasteiger partial charge in [-0.1, -0.05) is 51.2 Å². The fourth-order valence-corrected chi connectivity index (χ4v) is 5.80. The quantitative estimate of drug-likeness (QED) is 0.492. The van der Waals surface area contributed by atoms with E-state index in [1.165, 1.54) is 55.6 Å². The first kappa shape index (κ1) is 21.9. The molecular formula is C20H31FO3S2. The van der Waals surface area contributed by atoms with Crippen LogP contribution in [0.2, 0.25) is 0 Å². The van der Waals surface area contributed by atoms with E-state index in [0.29, 0.717) is 5.75 Å². The van der Waals surface area contributed by atoms with Gasteiger partial charge < -0.3 is 14.9 Å². The fourth-order valence-electron chi connectivity index (χ4n) is 2.91. The summed E-state index contributed by atoms with van der Waals surface area (Å²) in [5, 5.41) is 18.5. The molecule has 0 saturated carbocycles. The van der Waals surface area contributed by atoms with Gasteiger partial charge >= 0.3 is 0 Å². The zero-order chi connectivity index (χ0) is 18.8. The highest BCUT2D eigenvalue weighted by molar-refractivity contribution is 8.17. The molecule has 6 heteroatoms. The van der Waals surface area contributed by atoms with Gasteiger partial charge in [0.15, 0.2) is 0 Å². The molecule has 4 atom stereocenters. The van der Waals surface area contributed by atoms with Gasteiger partial charge in [-0.05, 0) is 24.1 Å². The molecular weight excluding hydrogens is 371 g/mol. The van der Waals surface area contributed by atoms with Crippen LogP contribution < -0.4 is 4.74 Å². The summed E-state index contributed by atoms with van der Waals surface area (Å²) in [6, 6.07) is 7.95. The molecule has 0 spiro atoms. The molecule has 0 aliphatic carbocycles. The lowest BCUT2D eigenvalue weighted by Gasteiger charge is -2.13. The molecule has 2 rings (SSSR count). The highest BCUT2D eigenvalue weighted by atomic mass is 32.2. The van der Waals surface area contributed by atoms with Crippen LogP contribution in [0.5, 0.6) is 5.75 Å². The molecule has 1 saturated heterocycles. The second-order valence-corrected chi connectivity index (χ2v) is 9.55. The molecule has 1 aliphatic rings. The SMILES string of the molecule is CCCCCCCCOc1ccc(CS[C@H]2S[C@H](CO)[C@@H](O)[C@@H]2F)cc1. The van der Waals surface area contributed by atoms with Crippen molar-refractivity contribution in [2.45, 2.75) is 73.3 Å². The lowest BCUT2D eigenvalue weighted by atomic mass is 10.1. The number of rotatable bonds is 12. The van der Waals surface area contributed by atoms with Crippen molar-refractivity contribution in [2.75, 3.05) is 13.2 Å². The maximum Gasteiger partial charge on any atom is 0.148 e. The Morgan fingerprint density at radius 1 is 1.12 bits per heavy atom. The van der Waals surface area contributed by atoms with E-state index < -0.39 is 17.5 Å². The van der Waals surface area contributed by atoms with E-state index in [1.54, 1.807) is 0 Å². The predicted molar refractivity (Wildman–Crippen MR) is 110 cm³/mol. The Labute approximate surface area is 165 Å². The van der Waals surface area contributed by atoms with E-state index in [9.17, 15) is 9.50 Å². The lowest BCUT2D eigenvalue weighted by molar-refractivity contribution is 0.0789. The molecule has 3 nitrogen and oxygen atoms in total. The van der Waals surface area contributed by atoms with Crippen LogP contribution in [0.3, 0.4) is 0 Å². The molecule has 1 heterocycles. The van der Waals surface area contributed by atoms with Gasteiger partial charge in [-0.25, -0.2) is 4.39 Å². The predicted octanol–water partition coefficient (Wildman–Crippen LogP) is 4.79. The first-order valence-corrected chi connectivity index (χ1v) is 11.6. The summed E-state index contributed by atoms with van der Waals surface area (Å²) in [6.45, 7) is 2.79. The van der Waals surface area contributed by atoms with Crippen molar-refractivity contribution in [3.8, 4) is 5.75 Å². The molecule has 0 amide bonds. The van der Waals surface area contributed by atoms with Crippen molar-refractivity contribution in [1.82, 2.24) is 0 Å². The summed E-state index contributed by atoms with van der Waals surface area (Å²) in [4.78, 5) is 0. The van der Waals surface area contributed by atoms with E-state index in [0.717, 1.165) is 24.3 Å². The first-order chi connectivity index (χ1) is 12.7. The van der Waals surface area contributed by atoms with Gasteiger partial charge in [0.25, 0.3) is 0 Å². The Kier molecular flexibility index (Phi) is 10.2. The third-order valence-electron chi connectivity index (χ3n) is 4.56. The van der Waals surface area contributed by atoms with Gasteiger partial charge in [0.05, 0.1) is 23.0 Å². The summed E-state index contributed by atoms with van der Waals surface area (Å²) in [7, 11) is 0. The normalized spacial score (nSPS) is 25.5. The van der Waals surface area contributed by atoms with Crippen LogP contribution in [0.25, 0.3) is 0 Å². The van der Waals surface area contributed by atoms with E-state index in [4.69, 9.17) is 9.84 Å². The van der Waals surface area contributed by atoms with Crippen LogP contribution in [-0.2, 0) is 5.75 Å². The molecule has 148 valence electrons. The molecule has 0 aromatic heterocycles. The maximum absolute atomic E-state index is 14.0. The third-order valence-corrected chi connectivity index (χ3v) is 7.70. The number of unbranched alkanes of at least 4 members (excludes halogenated alkanes) is 5. The minimum absolute atomic E-state index is 0.187. The molecule has 1 aliphatic heterocycles. The van der Waals surface area contributed by atoms with Crippen LogP contribution in [0.1, 0.15) is 51.0 Å². The van der Waals surface area contributed by atoms with Gasteiger partial charge in [0.2, 0.25) is 0 Å².